The lowest BCUT2D eigenvalue weighted by Gasteiger charge is -2.26. The van der Waals surface area contributed by atoms with Crippen LogP contribution in [0.2, 0.25) is 0 Å². The van der Waals surface area contributed by atoms with Crippen LogP contribution in [-0.4, -0.2) is 43.0 Å². The highest BCUT2D eigenvalue weighted by Crippen LogP contribution is 2.37. The molecule has 1 saturated heterocycles. The molecule has 2 rings (SSSR count). The second-order valence-electron chi connectivity index (χ2n) is 6.62. The Morgan fingerprint density at radius 2 is 2.04 bits per heavy atom. The van der Waals surface area contributed by atoms with Crippen molar-refractivity contribution in [3.63, 3.8) is 0 Å². The molecule has 126 valence electrons. The predicted molar refractivity (Wildman–Crippen MR) is 88.6 cm³/mol. The second kappa shape index (κ2) is 7.13. The van der Waals surface area contributed by atoms with Gasteiger partial charge in [0.15, 0.2) is 0 Å². The van der Waals surface area contributed by atoms with E-state index in [-0.39, 0.29) is 23.8 Å². The minimum Gasteiger partial charge on any atom is -0.469 e. The van der Waals surface area contributed by atoms with E-state index in [1.807, 2.05) is 51.1 Å². The fourth-order valence-corrected chi connectivity index (χ4v) is 3.09. The molecule has 1 N–H and O–H groups in total. The molecule has 0 saturated carbocycles. The van der Waals surface area contributed by atoms with Crippen LogP contribution in [0, 0.1) is 11.3 Å². The topological polar surface area (TPSA) is 58.6 Å². The normalized spacial score (nSPS) is 25.8. The van der Waals surface area contributed by atoms with Crippen molar-refractivity contribution in [2.45, 2.75) is 33.4 Å². The lowest BCUT2D eigenvalue weighted by Crippen LogP contribution is -2.45. The lowest BCUT2D eigenvalue weighted by molar-refractivity contribution is -0.153. The summed E-state index contributed by atoms with van der Waals surface area (Å²) in [5.74, 6) is -0.0705. The number of carbonyl (C=O) groups is 2. The van der Waals surface area contributed by atoms with E-state index in [4.69, 9.17) is 4.74 Å². The maximum absolute atomic E-state index is 12.4. The van der Waals surface area contributed by atoms with Crippen LogP contribution in [0.25, 0.3) is 0 Å². The van der Waals surface area contributed by atoms with Gasteiger partial charge in [-0.1, -0.05) is 37.3 Å². The molecule has 5 nitrogen and oxygen atoms in total. The van der Waals surface area contributed by atoms with Crippen LogP contribution in [-0.2, 0) is 20.9 Å². The number of hydrogen-bond donors (Lipinski definition) is 1. The van der Waals surface area contributed by atoms with Crippen LogP contribution in [0.5, 0.6) is 0 Å². The zero-order valence-corrected chi connectivity index (χ0v) is 14.3. The first-order valence-corrected chi connectivity index (χ1v) is 8.02. The first kappa shape index (κ1) is 17.5. The molecule has 0 aliphatic carbocycles. The lowest BCUT2D eigenvalue weighted by atomic mass is 9.81. The summed E-state index contributed by atoms with van der Waals surface area (Å²) in [6.07, 6.45) is 0. The smallest absolute Gasteiger partial charge is 0.313 e. The van der Waals surface area contributed by atoms with Gasteiger partial charge in [0.05, 0.1) is 18.6 Å². The van der Waals surface area contributed by atoms with Gasteiger partial charge in [-0.05, 0) is 25.3 Å². The number of carbonyl (C=O) groups excluding carboxylic acids is 2. The van der Waals surface area contributed by atoms with E-state index in [0.29, 0.717) is 19.6 Å². The van der Waals surface area contributed by atoms with Crippen molar-refractivity contribution in [3.05, 3.63) is 35.9 Å². The number of methoxy groups -OCH3 is 1. The molecular weight excluding hydrogens is 292 g/mol. The predicted octanol–water partition coefficient (Wildman–Crippen LogP) is 1.82. The molecule has 1 aromatic carbocycles. The van der Waals surface area contributed by atoms with Gasteiger partial charge < -0.3 is 10.1 Å². The Morgan fingerprint density at radius 3 is 2.65 bits per heavy atom. The summed E-state index contributed by atoms with van der Waals surface area (Å²) in [6, 6.07) is 9.55. The Balaban J connectivity index is 1.94. The molecule has 5 heteroatoms. The molecule has 0 radical (unpaired) electrons. The Kier molecular flexibility index (Phi) is 5.42. The van der Waals surface area contributed by atoms with Crippen LogP contribution in [0.1, 0.15) is 26.3 Å². The standard InChI is InChI=1S/C18H26N2O3/c1-13-11-20(12-18(13,3)17(22)23-4)14(2)16(21)19-10-15-8-6-5-7-9-15/h5-9,13-14H,10-12H2,1-4H3,(H,19,21)/t13-,14?,18-/m1/s1. The van der Waals surface area contributed by atoms with E-state index < -0.39 is 5.41 Å². The van der Waals surface area contributed by atoms with Gasteiger partial charge in [-0.25, -0.2) is 0 Å². The van der Waals surface area contributed by atoms with E-state index in [9.17, 15) is 9.59 Å². The molecule has 1 aliphatic rings. The molecule has 0 spiro atoms. The first-order chi connectivity index (χ1) is 10.9. The largest absolute Gasteiger partial charge is 0.469 e. The Labute approximate surface area is 138 Å². The van der Waals surface area contributed by atoms with Crippen LogP contribution in [0.4, 0.5) is 0 Å². The summed E-state index contributed by atoms with van der Waals surface area (Å²) in [6.45, 7) is 7.60. The molecule has 1 amide bonds. The van der Waals surface area contributed by atoms with Gasteiger partial charge >= 0.3 is 5.97 Å². The fourth-order valence-electron chi connectivity index (χ4n) is 3.09. The highest BCUT2D eigenvalue weighted by molar-refractivity contribution is 5.82. The van der Waals surface area contributed by atoms with Crippen LogP contribution in [0.15, 0.2) is 30.3 Å². The van der Waals surface area contributed by atoms with Crippen LogP contribution >= 0.6 is 0 Å². The number of nitrogens with zero attached hydrogens (tertiary/aromatic N) is 1. The number of likely N-dealkylation sites (tertiary alicyclic amines) is 1. The van der Waals surface area contributed by atoms with E-state index >= 15 is 0 Å². The zero-order chi connectivity index (χ0) is 17.0. The molecule has 1 fully saturated rings. The minimum absolute atomic E-state index is 0.0184. The number of amides is 1. The number of ether oxygens (including phenoxy) is 1. The van der Waals surface area contributed by atoms with Crippen molar-refractivity contribution in [2.24, 2.45) is 11.3 Å². The Bertz CT molecular complexity index is 561. The SMILES string of the molecule is COC(=O)[C@]1(C)CN(C(C)C(=O)NCc2ccccc2)C[C@H]1C. The van der Waals surface area contributed by atoms with E-state index in [1.54, 1.807) is 0 Å². The molecule has 1 aromatic rings. The van der Waals surface area contributed by atoms with Gasteiger partial charge in [0.2, 0.25) is 5.91 Å². The summed E-state index contributed by atoms with van der Waals surface area (Å²) in [5, 5.41) is 2.96. The van der Waals surface area contributed by atoms with Gasteiger partial charge in [-0.15, -0.1) is 0 Å². The maximum Gasteiger partial charge on any atom is 0.313 e. The highest BCUT2D eigenvalue weighted by Gasteiger charge is 2.48. The molecule has 23 heavy (non-hydrogen) atoms. The number of nitrogens with one attached hydrogen (secondary N) is 1. The quantitative estimate of drug-likeness (QED) is 0.842. The molecule has 1 heterocycles. The van der Waals surface area contributed by atoms with Gasteiger partial charge in [0.1, 0.15) is 0 Å². The molecule has 0 bridgehead atoms. The average Bonchev–Trinajstić information content (AvgIpc) is 2.88. The van der Waals surface area contributed by atoms with Crippen LogP contribution in [0.3, 0.4) is 0 Å². The summed E-state index contributed by atoms with van der Waals surface area (Å²) >= 11 is 0. The number of esters is 1. The van der Waals surface area contributed by atoms with Gasteiger partial charge in [0, 0.05) is 19.6 Å². The van der Waals surface area contributed by atoms with Crippen molar-refractivity contribution in [2.75, 3.05) is 20.2 Å². The number of rotatable bonds is 5. The second-order valence-corrected chi connectivity index (χ2v) is 6.62. The monoisotopic (exact) mass is 318 g/mol. The summed E-state index contributed by atoms with van der Waals surface area (Å²) in [7, 11) is 1.42. The average molecular weight is 318 g/mol. The number of hydrogen-bond acceptors (Lipinski definition) is 4. The number of benzene rings is 1. The molecule has 3 atom stereocenters. The molecule has 0 aromatic heterocycles. The van der Waals surface area contributed by atoms with Gasteiger partial charge in [-0.2, -0.15) is 0 Å². The van der Waals surface area contributed by atoms with Crippen molar-refractivity contribution in [1.82, 2.24) is 10.2 Å². The van der Waals surface area contributed by atoms with E-state index in [0.717, 1.165) is 5.56 Å². The van der Waals surface area contributed by atoms with Crippen molar-refractivity contribution < 1.29 is 14.3 Å². The van der Waals surface area contributed by atoms with E-state index in [2.05, 4.69) is 10.2 Å². The summed E-state index contributed by atoms with van der Waals surface area (Å²) < 4.78 is 4.94. The third kappa shape index (κ3) is 3.72. The third-order valence-corrected chi connectivity index (χ3v) is 5.02. The maximum atomic E-state index is 12.4. The molecular formula is C18H26N2O3. The fraction of sp³-hybridized carbons (Fsp3) is 0.556. The first-order valence-electron chi connectivity index (χ1n) is 8.02. The van der Waals surface area contributed by atoms with Crippen molar-refractivity contribution >= 4 is 11.9 Å². The molecule has 1 aliphatic heterocycles. The Morgan fingerprint density at radius 1 is 1.39 bits per heavy atom. The summed E-state index contributed by atoms with van der Waals surface area (Å²) in [5.41, 5.74) is 0.519. The van der Waals surface area contributed by atoms with E-state index in [1.165, 1.54) is 7.11 Å². The van der Waals surface area contributed by atoms with Gasteiger partial charge in [-0.3, -0.25) is 14.5 Å². The molecule has 1 unspecified atom stereocenters. The minimum atomic E-state index is -0.553. The Hall–Kier alpha value is -1.88. The summed E-state index contributed by atoms with van der Waals surface area (Å²) in [4.78, 5) is 26.5. The zero-order valence-electron chi connectivity index (χ0n) is 14.3. The van der Waals surface area contributed by atoms with Crippen molar-refractivity contribution in [1.29, 1.82) is 0 Å². The third-order valence-electron chi connectivity index (χ3n) is 5.02. The van der Waals surface area contributed by atoms with Crippen molar-refractivity contribution in [3.8, 4) is 0 Å². The van der Waals surface area contributed by atoms with Gasteiger partial charge in [0.25, 0.3) is 0 Å². The van der Waals surface area contributed by atoms with Crippen LogP contribution < -0.4 is 5.32 Å². The highest BCUT2D eigenvalue weighted by atomic mass is 16.5.